The average Bonchev–Trinajstić information content (AvgIpc) is 3.12. The molecule has 2 fully saturated rings. The van der Waals surface area contributed by atoms with E-state index < -0.39 is 5.66 Å². The number of hydrogen-bond donors (Lipinski definition) is 2. The molecule has 1 saturated carbocycles. The minimum Gasteiger partial charge on any atom is -0.432 e. The Bertz CT molecular complexity index is 1120. The van der Waals surface area contributed by atoms with Gasteiger partial charge in [0.1, 0.15) is 17.5 Å². The number of nitrogens with zero attached hydrogens (tertiary/aromatic N) is 4. The van der Waals surface area contributed by atoms with E-state index in [0.29, 0.717) is 11.1 Å². The normalized spacial score (nSPS) is 27.8. The van der Waals surface area contributed by atoms with Crippen molar-refractivity contribution in [3.8, 4) is 0 Å². The zero-order chi connectivity index (χ0) is 22.5. The van der Waals surface area contributed by atoms with Gasteiger partial charge in [-0.3, -0.25) is 4.90 Å². The number of nitrogens with one attached hydrogen (secondary N) is 1. The number of aromatic nitrogens is 2. The van der Waals surface area contributed by atoms with Crippen molar-refractivity contribution in [3.05, 3.63) is 17.1 Å². The Kier molecular flexibility index (Phi) is 5.50. The molecule has 8 nitrogen and oxygen atoms in total. The third kappa shape index (κ3) is 3.72. The summed E-state index contributed by atoms with van der Waals surface area (Å²) in [5.41, 5.74) is 10.1. The van der Waals surface area contributed by atoms with E-state index in [1.165, 1.54) is 5.57 Å². The molecule has 0 aromatic carbocycles. The van der Waals surface area contributed by atoms with Crippen LogP contribution in [0.25, 0.3) is 16.7 Å². The Hall–Kier alpha value is -2.03. The lowest BCUT2D eigenvalue weighted by atomic mass is 9.63. The van der Waals surface area contributed by atoms with Gasteiger partial charge in [0.05, 0.1) is 18.4 Å². The number of anilines is 1. The smallest absolute Gasteiger partial charge is 0.226 e. The van der Waals surface area contributed by atoms with Crippen LogP contribution in [-0.2, 0) is 4.74 Å². The summed E-state index contributed by atoms with van der Waals surface area (Å²) >= 11 is 0. The van der Waals surface area contributed by atoms with E-state index in [1.54, 1.807) is 6.33 Å². The Morgan fingerprint density at radius 2 is 2.03 bits per heavy atom. The molecule has 3 aliphatic rings. The van der Waals surface area contributed by atoms with Crippen LogP contribution < -0.4 is 21.8 Å². The molecule has 2 aromatic heterocycles. The number of ether oxygens (including phenoxy) is 1. The molecule has 2 aliphatic heterocycles. The van der Waals surface area contributed by atoms with Gasteiger partial charge in [-0.2, -0.15) is 0 Å². The summed E-state index contributed by atoms with van der Waals surface area (Å²) in [5.74, 6) is 1.16. The van der Waals surface area contributed by atoms with E-state index in [4.69, 9.17) is 19.9 Å². The maximum absolute atomic E-state index is 6.97. The standard InChI is InChI=1S/C24H36N6O2/c1-15(2)24(25)17-5-6-23(3,4)13-16(17)18-19-20(32-22(18)29-24)21(28-14-27-19)26-7-8-30-9-11-31-12-10-30/h14-15,17H,5-13,25H2,1-4H3,(H,26,27,28). The highest BCUT2D eigenvalue weighted by Gasteiger charge is 2.47. The first-order valence-electron chi connectivity index (χ1n) is 12.0. The number of hydrogen-bond acceptors (Lipinski definition) is 8. The zero-order valence-corrected chi connectivity index (χ0v) is 19.8. The second-order valence-corrected chi connectivity index (χ2v) is 10.7. The molecule has 0 spiro atoms. The SMILES string of the molecule is CC(C)C1(N)N=c2oc3c(NCCN4CCOCC4)ncnc3c2=C2CC(C)(C)CCC21. The molecule has 174 valence electrons. The number of nitrogens with two attached hydrogens (primary N) is 1. The molecule has 1 saturated heterocycles. The first kappa shape index (κ1) is 21.8. The van der Waals surface area contributed by atoms with Gasteiger partial charge in [-0.05, 0) is 36.2 Å². The van der Waals surface area contributed by atoms with Crippen molar-refractivity contribution < 1.29 is 9.15 Å². The van der Waals surface area contributed by atoms with Gasteiger partial charge in [-0.15, -0.1) is 0 Å². The fraction of sp³-hybridized carbons (Fsp3) is 0.708. The van der Waals surface area contributed by atoms with Crippen LogP contribution in [0.15, 0.2) is 15.7 Å². The summed E-state index contributed by atoms with van der Waals surface area (Å²) in [5, 5.41) is 4.52. The van der Waals surface area contributed by atoms with Crippen LogP contribution in [0.1, 0.15) is 47.0 Å². The molecule has 2 aromatic rings. The highest BCUT2D eigenvalue weighted by molar-refractivity contribution is 5.85. The fourth-order valence-electron chi connectivity index (χ4n) is 5.54. The van der Waals surface area contributed by atoms with Gasteiger partial charge in [-0.25, -0.2) is 15.0 Å². The quantitative estimate of drug-likeness (QED) is 0.732. The Labute approximate surface area is 189 Å². The highest BCUT2D eigenvalue weighted by atomic mass is 16.5. The molecule has 0 amide bonds. The molecular weight excluding hydrogens is 404 g/mol. The fourth-order valence-corrected chi connectivity index (χ4v) is 5.54. The third-order valence-electron chi connectivity index (χ3n) is 7.58. The van der Waals surface area contributed by atoms with E-state index in [9.17, 15) is 0 Å². The van der Waals surface area contributed by atoms with Crippen LogP contribution in [0.4, 0.5) is 5.82 Å². The Morgan fingerprint density at radius 1 is 1.25 bits per heavy atom. The predicted octanol–water partition coefficient (Wildman–Crippen LogP) is 1.89. The molecule has 0 radical (unpaired) electrons. The number of fused-ring (bicyclic) bond motifs is 4. The van der Waals surface area contributed by atoms with Crippen LogP contribution in [0.3, 0.4) is 0 Å². The minimum atomic E-state index is -0.649. The van der Waals surface area contributed by atoms with Crippen LogP contribution in [0.5, 0.6) is 0 Å². The Balaban J connectivity index is 1.56. The van der Waals surface area contributed by atoms with Crippen molar-refractivity contribution in [1.29, 1.82) is 0 Å². The molecule has 1 aliphatic carbocycles. The van der Waals surface area contributed by atoms with Crippen molar-refractivity contribution >= 4 is 22.5 Å². The largest absolute Gasteiger partial charge is 0.432 e. The highest BCUT2D eigenvalue weighted by Crippen LogP contribution is 2.48. The lowest BCUT2D eigenvalue weighted by molar-refractivity contribution is 0.0398. The van der Waals surface area contributed by atoms with Crippen LogP contribution in [-0.4, -0.2) is 59.9 Å². The molecule has 3 N–H and O–H groups in total. The number of rotatable bonds is 5. The minimum absolute atomic E-state index is 0.210. The zero-order valence-electron chi connectivity index (χ0n) is 19.8. The van der Waals surface area contributed by atoms with Gasteiger partial charge in [0.15, 0.2) is 11.4 Å². The van der Waals surface area contributed by atoms with E-state index in [2.05, 4.69) is 47.9 Å². The predicted molar refractivity (Wildman–Crippen MR) is 125 cm³/mol. The molecule has 5 rings (SSSR count). The summed E-state index contributed by atoms with van der Waals surface area (Å²) in [6.45, 7) is 14.3. The second-order valence-electron chi connectivity index (χ2n) is 10.7. The van der Waals surface area contributed by atoms with Gasteiger partial charge in [0.2, 0.25) is 5.55 Å². The summed E-state index contributed by atoms with van der Waals surface area (Å²) in [6, 6.07) is 0. The average molecular weight is 441 g/mol. The molecular formula is C24H36N6O2. The summed E-state index contributed by atoms with van der Waals surface area (Å²) < 4.78 is 11.8. The molecule has 0 bridgehead atoms. The van der Waals surface area contributed by atoms with Gasteiger partial charge in [-0.1, -0.05) is 27.7 Å². The van der Waals surface area contributed by atoms with Gasteiger partial charge < -0.3 is 20.2 Å². The maximum Gasteiger partial charge on any atom is 0.226 e. The topological polar surface area (TPSA) is 102 Å². The lowest BCUT2D eigenvalue weighted by Crippen LogP contribution is -2.57. The molecule has 2 atom stereocenters. The van der Waals surface area contributed by atoms with E-state index in [1.807, 2.05) is 0 Å². The summed E-state index contributed by atoms with van der Waals surface area (Å²) in [4.78, 5) is 16.6. The van der Waals surface area contributed by atoms with Gasteiger partial charge in [0.25, 0.3) is 0 Å². The molecule has 32 heavy (non-hydrogen) atoms. The third-order valence-corrected chi connectivity index (χ3v) is 7.58. The van der Waals surface area contributed by atoms with Crippen LogP contribution in [0, 0.1) is 17.3 Å². The van der Waals surface area contributed by atoms with Crippen molar-refractivity contribution in [2.45, 2.75) is 52.6 Å². The van der Waals surface area contributed by atoms with E-state index in [0.717, 1.165) is 75.2 Å². The first-order valence-corrected chi connectivity index (χ1v) is 12.0. The van der Waals surface area contributed by atoms with Crippen LogP contribution >= 0.6 is 0 Å². The maximum atomic E-state index is 6.97. The monoisotopic (exact) mass is 440 g/mol. The van der Waals surface area contributed by atoms with E-state index >= 15 is 0 Å². The molecule has 4 heterocycles. The van der Waals surface area contributed by atoms with E-state index in [-0.39, 0.29) is 17.3 Å². The second kappa shape index (κ2) is 8.08. The Morgan fingerprint density at radius 3 is 2.78 bits per heavy atom. The summed E-state index contributed by atoms with van der Waals surface area (Å²) in [7, 11) is 0. The summed E-state index contributed by atoms with van der Waals surface area (Å²) in [6.07, 6.45) is 4.81. The number of furan rings is 1. The van der Waals surface area contributed by atoms with Crippen molar-refractivity contribution in [2.75, 3.05) is 44.7 Å². The lowest BCUT2D eigenvalue weighted by Gasteiger charge is -2.46. The van der Waals surface area contributed by atoms with Crippen molar-refractivity contribution in [2.24, 2.45) is 28.0 Å². The van der Waals surface area contributed by atoms with Crippen molar-refractivity contribution in [1.82, 2.24) is 14.9 Å². The number of morpholine rings is 1. The van der Waals surface area contributed by atoms with Crippen molar-refractivity contribution in [3.63, 3.8) is 0 Å². The molecule has 2 unspecified atom stereocenters. The molecule has 8 heteroatoms. The van der Waals surface area contributed by atoms with Gasteiger partial charge >= 0.3 is 0 Å². The van der Waals surface area contributed by atoms with Gasteiger partial charge in [0, 0.05) is 32.1 Å². The van der Waals surface area contributed by atoms with Crippen LogP contribution in [0.2, 0.25) is 0 Å². The first-order chi connectivity index (χ1) is 15.3.